The molecule has 1 saturated carbocycles. The zero-order chi connectivity index (χ0) is 21.0. The summed E-state index contributed by atoms with van der Waals surface area (Å²) < 4.78 is 6.17. The molecule has 1 aromatic heterocycles. The van der Waals surface area contributed by atoms with Crippen molar-refractivity contribution in [2.45, 2.75) is 71.1 Å². The molecule has 0 spiro atoms. The lowest BCUT2D eigenvalue weighted by Gasteiger charge is -2.35. The lowest BCUT2D eigenvalue weighted by molar-refractivity contribution is -0.108. The number of hydrogen-bond donors (Lipinski definition) is 2. The lowest BCUT2D eigenvalue weighted by Crippen LogP contribution is -2.40. The zero-order valence-corrected chi connectivity index (χ0v) is 18.2. The van der Waals surface area contributed by atoms with Gasteiger partial charge in [0.15, 0.2) is 0 Å². The third-order valence-corrected chi connectivity index (χ3v) is 6.32. The van der Waals surface area contributed by atoms with Crippen LogP contribution in [0.15, 0.2) is 6.07 Å². The Morgan fingerprint density at radius 2 is 2.00 bits per heavy atom. The van der Waals surface area contributed by atoms with Gasteiger partial charge in [-0.25, -0.2) is 4.79 Å². The van der Waals surface area contributed by atoms with Crippen LogP contribution in [-0.2, 0) is 9.53 Å². The number of carbonyl (C=O) groups excluding carboxylic acids is 1. The smallest absolute Gasteiger partial charge is 0.348 e. The summed E-state index contributed by atoms with van der Waals surface area (Å²) in [5.41, 5.74) is 0.283. The molecule has 2 aliphatic rings. The number of nitrogens with one attached hydrogen (secondary N) is 1. The van der Waals surface area contributed by atoms with Gasteiger partial charge in [-0.05, 0) is 65.5 Å². The standard InChI is InChI=1S/C22H30N2O4S/c1-22(2,3)10-8-18-12-19(20(29-18)21(26)27)24(14-25)15-4-6-16(7-5-15)28-17-9-11-23-13-17/h12,14-17,23H,4-7,9,11,13H2,1-3H3,(H,26,27)/t15?,16?,17-/m0/s1. The van der Waals surface area contributed by atoms with Gasteiger partial charge in [0.2, 0.25) is 6.41 Å². The number of rotatable bonds is 6. The van der Waals surface area contributed by atoms with E-state index in [1.165, 1.54) is 0 Å². The average Bonchev–Trinajstić information content (AvgIpc) is 3.31. The Kier molecular flexibility index (Phi) is 6.99. The van der Waals surface area contributed by atoms with Crippen LogP contribution in [0, 0.1) is 17.3 Å². The molecule has 1 aromatic rings. The second kappa shape index (κ2) is 9.29. The fraction of sp³-hybridized carbons (Fsp3) is 0.636. The molecular weight excluding hydrogens is 388 g/mol. The summed E-state index contributed by atoms with van der Waals surface area (Å²) in [7, 11) is 0. The van der Waals surface area contributed by atoms with Gasteiger partial charge >= 0.3 is 5.97 Å². The van der Waals surface area contributed by atoms with Crippen LogP contribution >= 0.6 is 11.3 Å². The van der Waals surface area contributed by atoms with Crippen LogP contribution in [0.2, 0.25) is 0 Å². The zero-order valence-electron chi connectivity index (χ0n) is 17.4. The molecule has 1 aliphatic carbocycles. The van der Waals surface area contributed by atoms with Crippen LogP contribution in [0.25, 0.3) is 0 Å². The van der Waals surface area contributed by atoms with Crippen LogP contribution in [-0.4, -0.2) is 48.8 Å². The van der Waals surface area contributed by atoms with Crippen molar-refractivity contribution in [3.63, 3.8) is 0 Å². The first-order valence-corrected chi connectivity index (χ1v) is 11.1. The summed E-state index contributed by atoms with van der Waals surface area (Å²) in [6.45, 7) is 7.94. The molecule has 6 nitrogen and oxygen atoms in total. The molecule has 1 amide bonds. The number of carbonyl (C=O) groups is 2. The van der Waals surface area contributed by atoms with Crippen LogP contribution in [0.4, 0.5) is 5.69 Å². The van der Waals surface area contributed by atoms with Crippen molar-refractivity contribution >= 4 is 29.4 Å². The first-order chi connectivity index (χ1) is 13.8. The number of ether oxygens (including phenoxy) is 1. The van der Waals surface area contributed by atoms with Crippen LogP contribution < -0.4 is 10.2 Å². The van der Waals surface area contributed by atoms with Gasteiger partial charge in [-0.2, -0.15) is 0 Å². The fourth-order valence-electron chi connectivity index (χ4n) is 3.85. The molecule has 158 valence electrons. The molecule has 0 unspecified atom stereocenters. The number of carboxylic acids is 1. The minimum Gasteiger partial charge on any atom is -0.477 e. The van der Waals surface area contributed by atoms with E-state index in [1.54, 1.807) is 11.0 Å². The molecule has 1 atom stereocenters. The molecule has 0 aromatic carbocycles. The molecule has 29 heavy (non-hydrogen) atoms. The van der Waals surface area contributed by atoms with Crippen molar-refractivity contribution < 1.29 is 19.4 Å². The van der Waals surface area contributed by atoms with Crippen molar-refractivity contribution in [2.75, 3.05) is 18.0 Å². The highest BCUT2D eigenvalue weighted by atomic mass is 32.1. The Morgan fingerprint density at radius 3 is 2.55 bits per heavy atom. The third-order valence-electron chi connectivity index (χ3n) is 5.30. The van der Waals surface area contributed by atoms with E-state index in [-0.39, 0.29) is 28.5 Å². The van der Waals surface area contributed by atoms with E-state index >= 15 is 0 Å². The number of aromatic carboxylic acids is 1. The molecular formula is C22H30N2O4S. The number of anilines is 1. The first-order valence-electron chi connectivity index (χ1n) is 10.3. The van der Waals surface area contributed by atoms with Crippen molar-refractivity contribution in [3.8, 4) is 11.8 Å². The van der Waals surface area contributed by atoms with E-state index in [9.17, 15) is 14.7 Å². The number of amides is 1. The highest BCUT2D eigenvalue weighted by molar-refractivity contribution is 7.15. The van der Waals surface area contributed by atoms with Crippen LogP contribution in [0.1, 0.15) is 67.4 Å². The Labute approximate surface area is 176 Å². The number of thiophene rings is 1. The second-order valence-electron chi connectivity index (χ2n) is 8.82. The monoisotopic (exact) mass is 418 g/mol. The van der Waals surface area contributed by atoms with E-state index in [4.69, 9.17) is 4.74 Å². The van der Waals surface area contributed by atoms with E-state index < -0.39 is 5.97 Å². The highest BCUT2D eigenvalue weighted by Crippen LogP contribution is 2.35. The van der Waals surface area contributed by atoms with Gasteiger partial charge in [0, 0.05) is 18.0 Å². The molecule has 2 heterocycles. The van der Waals surface area contributed by atoms with E-state index in [0.29, 0.717) is 10.6 Å². The normalized spacial score (nSPS) is 24.6. The van der Waals surface area contributed by atoms with Crippen LogP contribution in [0.5, 0.6) is 0 Å². The molecule has 7 heteroatoms. The van der Waals surface area contributed by atoms with Gasteiger partial charge in [0.25, 0.3) is 0 Å². The minimum absolute atomic E-state index is 0.00909. The molecule has 3 rings (SSSR count). The lowest BCUT2D eigenvalue weighted by atomic mass is 9.91. The van der Waals surface area contributed by atoms with Gasteiger partial charge in [-0.1, -0.05) is 11.8 Å². The van der Waals surface area contributed by atoms with E-state index in [1.807, 2.05) is 20.8 Å². The molecule has 0 radical (unpaired) electrons. The molecule has 1 saturated heterocycles. The van der Waals surface area contributed by atoms with Crippen LogP contribution in [0.3, 0.4) is 0 Å². The van der Waals surface area contributed by atoms with Gasteiger partial charge in [0.05, 0.1) is 22.8 Å². The fourth-order valence-corrected chi connectivity index (χ4v) is 4.70. The molecule has 2 fully saturated rings. The predicted octanol–water partition coefficient (Wildman–Crippen LogP) is 3.50. The topological polar surface area (TPSA) is 78.9 Å². The van der Waals surface area contributed by atoms with Gasteiger partial charge in [-0.15, -0.1) is 11.3 Å². The Morgan fingerprint density at radius 1 is 1.28 bits per heavy atom. The Bertz CT molecular complexity index is 788. The van der Waals surface area contributed by atoms with Gasteiger partial charge in [-0.3, -0.25) is 4.79 Å². The van der Waals surface area contributed by atoms with E-state index in [0.717, 1.165) is 62.9 Å². The Hall–Kier alpha value is -1.88. The van der Waals surface area contributed by atoms with Crippen molar-refractivity contribution in [1.29, 1.82) is 0 Å². The maximum absolute atomic E-state index is 11.9. The average molecular weight is 419 g/mol. The molecule has 2 N–H and O–H groups in total. The SMILES string of the molecule is CC(C)(C)C#Cc1cc(N(C=O)C2CCC(O[C@H]3CCNC3)CC2)c(C(=O)O)s1. The summed E-state index contributed by atoms with van der Waals surface area (Å²) >= 11 is 1.13. The number of carboxylic acid groups (broad SMARTS) is 1. The van der Waals surface area contributed by atoms with Crippen molar-refractivity contribution in [2.24, 2.45) is 5.41 Å². The molecule has 0 bridgehead atoms. The summed E-state index contributed by atoms with van der Waals surface area (Å²) in [6.07, 6.45) is 5.71. The maximum atomic E-state index is 11.9. The van der Waals surface area contributed by atoms with Gasteiger partial charge in [0.1, 0.15) is 4.88 Å². The minimum atomic E-state index is -1.02. The number of hydrogen-bond acceptors (Lipinski definition) is 5. The number of nitrogens with zero attached hydrogens (tertiary/aromatic N) is 1. The van der Waals surface area contributed by atoms with Crippen molar-refractivity contribution in [3.05, 3.63) is 15.8 Å². The van der Waals surface area contributed by atoms with Gasteiger partial charge < -0.3 is 20.1 Å². The molecule has 1 aliphatic heterocycles. The summed E-state index contributed by atoms with van der Waals surface area (Å²) in [4.78, 5) is 26.1. The summed E-state index contributed by atoms with van der Waals surface area (Å²) in [5.74, 6) is 5.18. The summed E-state index contributed by atoms with van der Waals surface area (Å²) in [5, 5.41) is 13.0. The largest absolute Gasteiger partial charge is 0.477 e. The maximum Gasteiger partial charge on any atom is 0.348 e. The van der Waals surface area contributed by atoms with E-state index in [2.05, 4.69) is 17.2 Å². The van der Waals surface area contributed by atoms with Crippen molar-refractivity contribution in [1.82, 2.24) is 5.32 Å². The predicted molar refractivity (Wildman–Crippen MR) is 115 cm³/mol. The second-order valence-corrected chi connectivity index (χ2v) is 9.88. The third kappa shape index (κ3) is 5.81. The highest BCUT2D eigenvalue weighted by Gasteiger charge is 2.31. The summed E-state index contributed by atoms with van der Waals surface area (Å²) in [6, 6.07) is 1.73. The Balaban J connectivity index is 1.72. The first kappa shape index (κ1) is 21.8. The quantitative estimate of drug-likeness (QED) is 0.546.